The van der Waals surface area contributed by atoms with Crippen molar-refractivity contribution in [2.24, 2.45) is 16.5 Å². The van der Waals surface area contributed by atoms with E-state index in [0.717, 1.165) is 0 Å². The number of ether oxygens (including phenoxy) is 1. The van der Waals surface area contributed by atoms with E-state index in [9.17, 15) is 9.59 Å². The molecule has 1 heterocycles. The minimum Gasteiger partial charge on any atom is -0.454 e. The first-order chi connectivity index (χ1) is 9.47. The average Bonchev–Trinajstić information content (AvgIpc) is 2.45. The van der Waals surface area contributed by atoms with Gasteiger partial charge in [-0.05, 0) is 19.1 Å². The van der Waals surface area contributed by atoms with E-state index in [4.69, 9.17) is 16.2 Å². The molecule has 7 heteroatoms. The molecule has 0 fully saturated rings. The molecule has 106 valence electrons. The minimum absolute atomic E-state index is 0.0324. The Labute approximate surface area is 116 Å². The number of carbonyl (C=O) groups excluding carboxylic acids is 2. The van der Waals surface area contributed by atoms with Crippen molar-refractivity contribution < 1.29 is 14.3 Å². The molecule has 0 unspecified atom stereocenters. The number of hydrogen-bond donors (Lipinski definition) is 2. The second kappa shape index (κ2) is 7.03. The van der Waals surface area contributed by atoms with Gasteiger partial charge in [-0.15, -0.1) is 0 Å². The summed E-state index contributed by atoms with van der Waals surface area (Å²) in [6.45, 7) is 1.09. The fourth-order valence-corrected chi connectivity index (χ4v) is 1.40. The van der Waals surface area contributed by atoms with Crippen LogP contribution in [0.4, 0.5) is 0 Å². The zero-order valence-corrected chi connectivity index (χ0v) is 11.3. The van der Waals surface area contributed by atoms with E-state index in [1.54, 1.807) is 0 Å². The third kappa shape index (κ3) is 3.91. The highest BCUT2D eigenvalue weighted by molar-refractivity contribution is 6.19. The molecule has 0 spiro atoms. The van der Waals surface area contributed by atoms with Gasteiger partial charge in [0.1, 0.15) is 11.4 Å². The topological polar surface area (TPSA) is 121 Å². The predicted octanol–water partition coefficient (Wildman–Crippen LogP) is 0.0272. The lowest BCUT2D eigenvalue weighted by Crippen LogP contribution is -2.27. The maximum atomic E-state index is 11.8. The van der Waals surface area contributed by atoms with Crippen molar-refractivity contribution in [3.63, 3.8) is 0 Å². The summed E-state index contributed by atoms with van der Waals surface area (Å²) < 4.78 is 4.90. The summed E-state index contributed by atoms with van der Waals surface area (Å²) in [5, 5.41) is 0. The molecular formula is C13H16N4O3. The lowest BCUT2D eigenvalue weighted by molar-refractivity contribution is -0.137. The highest BCUT2D eigenvalue weighted by Crippen LogP contribution is 2.04. The largest absolute Gasteiger partial charge is 0.454 e. The van der Waals surface area contributed by atoms with E-state index >= 15 is 0 Å². The summed E-state index contributed by atoms with van der Waals surface area (Å²) in [7, 11) is 1.42. The van der Waals surface area contributed by atoms with Crippen LogP contribution in [0.25, 0.3) is 0 Å². The quantitative estimate of drug-likeness (QED) is 0.257. The second-order valence-electron chi connectivity index (χ2n) is 3.90. The fraction of sp³-hybridized carbons (Fsp3) is 0.231. The Morgan fingerprint density at radius 1 is 1.30 bits per heavy atom. The third-order valence-electron chi connectivity index (χ3n) is 2.43. The molecule has 0 amide bonds. The van der Waals surface area contributed by atoms with Crippen molar-refractivity contribution in [2.75, 3.05) is 13.7 Å². The van der Waals surface area contributed by atoms with E-state index in [0.29, 0.717) is 5.56 Å². The van der Waals surface area contributed by atoms with Crippen molar-refractivity contribution >= 4 is 17.6 Å². The molecule has 0 saturated heterocycles. The maximum absolute atomic E-state index is 11.8. The van der Waals surface area contributed by atoms with Gasteiger partial charge in [-0.1, -0.05) is 0 Å². The van der Waals surface area contributed by atoms with Gasteiger partial charge in [-0.25, -0.2) is 4.79 Å². The third-order valence-corrected chi connectivity index (χ3v) is 2.43. The molecule has 1 aromatic heterocycles. The zero-order valence-electron chi connectivity index (χ0n) is 11.3. The summed E-state index contributed by atoms with van der Waals surface area (Å²) in [5.41, 5.74) is 11.7. The highest BCUT2D eigenvalue weighted by atomic mass is 16.5. The van der Waals surface area contributed by atoms with Crippen molar-refractivity contribution in [3.05, 3.63) is 41.4 Å². The SMILES string of the molecule is CN=C(N)C(C(=O)OCC(=O)c1ccncc1)=C(C)N. The Hall–Kier alpha value is -2.70. The molecule has 0 aliphatic carbocycles. The van der Waals surface area contributed by atoms with Crippen LogP contribution >= 0.6 is 0 Å². The van der Waals surface area contributed by atoms with Gasteiger partial charge in [0, 0.05) is 30.7 Å². The number of aromatic nitrogens is 1. The number of carbonyl (C=O) groups is 2. The van der Waals surface area contributed by atoms with Crippen molar-refractivity contribution in [2.45, 2.75) is 6.92 Å². The van der Waals surface area contributed by atoms with Crippen LogP contribution in [0.3, 0.4) is 0 Å². The predicted molar refractivity (Wildman–Crippen MR) is 74.0 cm³/mol. The summed E-state index contributed by atoms with van der Waals surface area (Å²) in [4.78, 5) is 31.1. The lowest BCUT2D eigenvalue weighted by atomic mass is 10.2. The van der Waals surface area contributed by atoms with Gasteiger partial charge in [-0.2, -0.15) is 0 Å². The molecule has 0 aliphatic rings. The molecule has 0 atom stereocenters. The molecular weight excluding hydrogens is 260 g/mol. The van der Waals surface area contributed by atoms with Gasteiger partial charge in [-0.3, -0.25) is 14.8 Å². The minimum atomic E-state index is -0.782. The standard InChI is InChI=1S/C13H16N4O3/c1-8(14)11(12(15)16-2)13(19)20-7-10(18)9-3-5-17-6-4-9/h3-6H,7,14H2,1-2H3,(H2,15,16). The highest BCUT2D eigenvalue weighted by Gasteiger charge is 2.19. The second-order valence-corrected chi connectivity index (χ2v) is 3.90. The molecule has 0 aliphatic heterocycles. The van der Waals surface area contributed by atoms with Crippen LogP contribution in [0, 0.1) is 0 Å². The van der Waals surface area contributed by atoms with Crippen molar-refractivity contribution in [1.82, 2.24) is 4.98 Å². The number of allylic oxidation sites excluding steroid dienone is 1. The number of esters is 1. The lowest BCUT2D eigenvalue weighted by Gasteiger charge is -2.08. The zero-order chi connectivity index (χ0) is 15.1. The molecule has 1 aromatic rings. The van der Waals surface area contributed by atoms with E-state index in [1.807, 2.05) is 0 Å². The number of ketones is 1. The van der Waals surface area contributed by atoms with E-state index in [2.05, 4.69) is 9.98 Å². The smallest absolute Gasteiger partial charge is 0.344 e. The van der Waals surface area contributed by atoms with Crippen LogP contribution in [0.2, 0.25) is 0 Å². The van der Waals surface area contributed by atoms with Crippen molar-refractivity contribution in [3.8, 4) is 0 Å². The van der Waals surface area contributed by atoms with Gasteiger partial charge in [0.05, 0.1) is 0 Å². The molecule has 0 saturated carbocycles. The number of pyridine rings is 1. The van der Waals surface area contributed by atoms with Gasteiger partial charge in [0.2, 0.25) is 0 Å². The average molecular weight is 276 g/mol. The Balaban J connectivity index is 2.73. The van der Waals surface area contributed by atoms with Crippen LogP contribution in [0.5, 0.6) is 0 Å². The number of hydrogen-bond acceptors (Lipinski definition) is 6. The molecule has 0 aromatic carbocycles. The molecule has 7 nitrogen and oxygen atoms in total. The Kier molecular flexibility index (Phi) is 5.40. The Morgan fingerprint density at radius 3 is 2.40 bits per heavy atom. The van der Waals surface area contributed by atoms with E-state index in [-0.39, 0.29) is 22.9 Å². The molecule has 0 radical (unpaired) electrons. The van der Waals surface area contributed by atoms with Crippen LogP contribution in [-0.2, 0) is 9.53 Å². The van der Waals surface area contributed by atoms with Gasteiger partial charge < -0.3 is 16.2 Å². The molecule has 20 heavy (non-hydrogen) atoms. The van der Waals surface area contributed by atoms with Gasteiger partial charge in [0.25, 0.3) is 0 Å². The van der Waals surface area contributed by atoms with Gasteiger partial charge in [0.15, 0.2) is 12.4 Å². The van der Waals surface area contributed by atoms with Crippen LogP contribution < -0.4 is 11.5 Å². The summed E-state index contributed by atoms with van der Waals surface area (Å²) >= 11 is 0. The summed E-state index contributed by atoms with van der Waals surface area (Å²) in [6, 6.07) is 3.06. The summed E-state index contributed by atoms with van der Waals surface area (Å²) in [5.74, 6) is -1.16. The van der Waals surface area contributed by atoms with Crippen LogP contribution in [0.15, 0.2) is 40.8 Å². The molecule has 1 rings (SSSR count). The van der Waals surface area contributed by atoms with E-state index < -0.39 is 12.6 Å². The number of nitrogens with zero attached hydrogens (tertiary/aromatic N) is 2. The number of nitrogens with two attached hydrogens (primary N) is 2. The maximum Gasteiger partial charge on any atom is 0.344 e. The molecule has 0 bridgehead atoms. The molecule has 4 N–H and O–H groups in total. The normalized spacial score (nSPS) is 12.6. The summed E-state index contributed by atoms with van der Waals surface area (Å²) in [6.07, 6.45) is 2.96. The van der Waals surface area contributed by atoms with E-state index in [1.165, 1.54) is 38.5 Å². The number of aliphatic imine (C=N–C) groups is 1. The first-order valence-electron chi connectivity index (χ1n) is 5.76. The fourth-order valence-electron chi connectivity index (χ4n) is 1.40. The van der Waals surface area contributed by atoms with Gasteiger partial charge >= 0.3 is 5.97 Å². The number of rotatable bonds is 5. The van der Waals surface area contributed by atoms with Crippen LogP contribution in [0.1, 0.15) is 17.3 Å². The Bertz CT molecular complexity index is 560. The van der Waals surface area contributed by atoms with Crippen LogP contribution in [-0.4, -0.2) is 36.2 Å². The Morgan fingerprint density at radius 2 is 1.90 bits per heavy atom. The number of Topliss-reactive ketones (excluding diaryl/α,β-unsaturated/α-hetero) is 1. The first kappa shape index (κ1) is 15.4. The van der Waals surface area contributed by atoms with Crippen molar-refractivity contribution in [1.29, 1.82) is 0 Å². The first-order valence-corrected chi connectivity index (χ1v) is 5.76. The monoisotopic (exact) mass is 276 g/mol. The number of amidine groups is 1.